The summed E-state index contributed by atoms with van der Waals surface area (Å²) in [6.45, 7) is 6.38. The molecule has 0 atom stereocenters. The Labute approximate surface area is 123 Å². The minimum atomic E-state index is -0.0272. The number of methoxy groups -OCH3 is 1. The number of hydrogen-bond donors (Lipinski definition) is 0. The fourth-order valence-corrected chi connectivity index (χ4v) is 1.99. The van der Waals surface area contributed by atoms with Crippen LogP contribution >= 0.6 is 11.6 Å². The third kappa shape index (κ3) is 3.20. The Morgan fingerprint density at radius 2 is 1.75 bits per heavy atom. The first kappa shape index (κ1) is 14.6. The quantitative estimate of drug-likeness (QED) is 0.849. The fourth-order valence-electron chi connectivity index (χ4n) is 1.82. The van der Waals surface area contributed by atoms with Crippen molar-refractivity contribution < 1.29 is 9.47 Å². The fraction of sp³-hybridized carbons (Fsp3) is 0.333. The van der Waals surface area contributed by atoms with Gasteiger partial charge in [-0.3, -0.25) is 0 Å². The highest BCUT2D eigenvalue weighted by Crippen LogP contribution is 2.34. The molecule has 5 heteroatoms. The Kier molecular flexibility index (Phi) is 4.14. The van der Waals surface area contributed by atoms with Crippen molar-refractivity contribution in [2.45, 2.75) is 26.2 Å². The molecule has 106 valence electrons. The molecular formula is C15H17ClN2O2. The van der Waals surface area contributed by atoms with E-state index in [2.05, 4.69) is 31.0 Å². The molecule has 20 heavy (non-hydrogen) atoms. The van der Waals surface area contributed by atoms with Crippen LogP contribution in [0.1, 0.15) is 26.3 Å². The first-order valence-corrected chi connectivity index (χ1v) is 6.64. The highest BCUT2D eigenvalue weighted by molar-refractivity contribution is 6.30. The summed E-state index contributed by atoms with van der Waals surface area (Å²) in [4.78, 5) is 0. The van der Waals surface area contributed by atoms with Gasteiger partial charge in [-0.1, -0.05) is 50.6 Å². The van der Waals surface area contributed by atoms with Crippen molar-refractivity contribution in [2.75, 3.05) is 7.11 Å². The number of halogens is 1. The summed E-state index contributed by atoms with van der Waals surface area (Å²) >= 11 is 5.85. The number of rotatable bonds is 3. The molecule has 0 spiro atoms. The second kappa shape index (κ2) is 5.67. The zero-order valence-electron chi connectivity index (χ0n) is 12.0. The predicted molar refractivity (Wildman–Crippen MR) is 78.8 cm³/mol. The summed E-state index contributed by atoms with van der Waals surface area (Å²) in [6.07, 6.45) is 0. The van der Waals surface area contributed by atoms with Crippen LogP contribution in [0, 0.1) is 0 Å². The van der Waals surface area contributed by atoms with Gasteiger partial charge in [0.05, 0.1) is 7.11 Å². The number of benzene rings is 1. The van der Waals surface area contributed by atoms with Crippen molar-refractivity contribution in [1.29, 1.82) is 0 Å². The summed E-state index contributed by atoms with van der Waals surface area (Å²) in [5.41, 5.74) is 1.07. The lowest BCUT2D eigenvalue weighted by atomic mass is 9.86. The molecule has 0 saturated carbocycles. The van der Waals surface area contributed by atoms with Crippen molar-refractivity contribution >= 4 is 11.6 Å². The third-order valence-corrected chi connectivity index (χ3v) is 3.09. The van der Waals surface area contributed by atoms with Gasteiger partial charge in [0.15, 0.2) is 10.9 Å². The van der Waals surface area contributed by atoms with Gasteiger partial charge < -0.3 is 9.47 Å². The molecule has 0 bridgehead atoms. The van der Waals surface area contributed by atoms with E-state index in [4.69, 9.17) is 21.1 Å². The van der Waals surface area contributed by atoms with Gasteiger partial charge >= 0.3 is 0 Å². The van der Waals surface area contributed by atoms with Crippen molar-refractivity contribution in [3.8, 4) is 17.4 Å². The van der Waals surface area contributed by atoms with E-state index in [-0.39, 0.29) is 10.6 Å². The Bertz CT molecular complexity index is 609. The van der Waals surface area contributed by atoms with Crippen LogP contribution in [-0.4, -0.2) is 17.3 Å². The van der Waals surface area contributed by atoms with Crippen LogP contribution in [0.25, 0.3) is 0 Å². The summed E-state index contributed by atoms with van der Waals surface area (Å²) in [7, 11) is 1.52. The molecule has 1 aromatic carbocycles. The van der Waals surface area contributed by atoms with Gasteiger partial charge in [0.25, 0.3) is 0 Å². The average molecular weight is 293 g/mol. The molecule has 2 aromatic rings. The van der Waals surface area contributed by atoms with Gasteiger partial charge in [0.2, 0.25) is 5.88 Å². The van der Waals surface area contributed by atoms with Gasteiger partial charge in [-0.2, -0.15) is 0 Å². The van der Waals surface area contributed by atoms with E-state index in [1.54, 1.807) is 6.07 Å². The van der Waals surface area contributed by atoms with Crippen LogP contribution in [0.2, 0.25) is 5.15 Å². The standard InChI is InChI=1S/C15H17ClN2O2/c1-15(2,3)10-7-5-6-8-11(10)20-13-9-12(19-4)14(16)18-17-13/h5-9H,1-4H3. The van der Waals surface area contributed by atoms with Crippen molar-refractivity contribution in [2.24, 2.45) is 0 Å². The topological polar surface area (TPSA) is 44.2 Å². The van der Waals surface area contributed by atoms with Crippen molar-refractivity contribution in [3.05, 3.63) is 41.0 Å². The second-order valence-electron chi connectivity index (χ2n) is 5.39. The predicted octanol–water partition coefficient (Wildman–Crippen LogP) is 4.23. The van der Waals surface area contributed by atoms with E-state index in [1.165, 1.54) is 7.11 Å². The molecule has 0 aliphatic carbocycles. The van der Waals surface area contributed by atoms with E-state index in [0.29, 0.717) is 11.6 Å². The van der Waals surface area contributed by atoms with Crippen molar-refractivity contribution in [1.82, 2.24) is 10.2 Å². The van der Waals surface area contributed by atoms with Gasteiger partial charge in [0, 0.05) is 11.6 Å². The second-order valence-corrected chi connectivity index (χ2v) is 5.75. The Balaban J connectivity index is 2.36. The van der Waals surface area contributed by atoms with E-state index in [9.17, 15) is 0 Å². The van der Waals surface area contributed by atoms with E-state index in [1.807, 2.05) is 24.3 Å². The molecule has 0 saturated heterocycles. The number of nitrogens with zero attached hydrogens (tertiary/aromatic N) is 2. The minimum Gasteiger partial charge on any atom is -0.493 e. The third-order valence-electron chi connectivity index (χ3n) is 2.82. The van der Waals surface area contributed by atoms with Crippen LogP contribution < -0.4 is 9.47 Å². The molecule has 1 heterocycles. The lowest BCUT2D eigenvalue weighted by Gasteiger charge is -2.22. The lowest BCUT2D eigenvalue weighted by Crippen LogP contribution is -2.12. The molecule has 0 N–H and O–H groups in total. The van der Waals surface area contributed by atoms with Gasteiger partial charge in [-0.05, 0) is 11.5 Å². The monoisotopic (exact) mass is 292 g/mol. The molecule has 0 radical (unpaired) electrons. The van der Waals surface area contributed by atoms with E-state index < -0.39 is 0 Å². The Hall–Kier alpha value is -1.81. The van der Waals surface area contributed by atoms with Crippen molar-refractivity contribution in [3.63, 3.8) is 0 Å². The van der Waals surface area contributed by atoms with Crippen LogP contribution in [0.4, 0.5) is 0 Å². The molecule has 0 aliphatic rings. The number of ether oxygens (including phenoxy) is 2. The van der Waals surface area contributed by atoms with Crippen LogP contribution in [0.15, 0.2) is 30.3 Å². The highest BCUT2D eigenvalue weighted by Gasteiger charge is 2.19. The summed E-state index contributed by atoms with van der Waals surface area (Å²) < 4.78 is 10.9. The number of para-hydroxylation sites is 1. The summed E-state index contributed by atoms with van der Waals surface area (Å²) in [5, 5.41) is 7.94. The summed E-state index contributed by atoms with van der Waals surface area (Å²) in [5.74, 6) is 1.53. The van der Waals surface area contributed by atoms with E-state index >= 15 is 0 Å². The van der Waals surface area contributed by atoms with Gasteiger partial charge in [-0.15, -0.1) is 10.2 Å². The molecule has 0 aliphatic heterocycles. The maximum absolute atomic E-state index is 5.85. The zero-order chi connectivity index (χ0) is 14.8. The minimum absolute atomic E-state index is 0.0272. The first-order chi connectivity index (χ1) is 9.41. The summed E-state index contributed by atoms with van der Waals surface area (Å²) in [6, 6.07) is 9.47. The highest BCUT2D eigenvalue weighted by atomic mass is 35.5. The molecule has 0 amide bonds. The maximum Gasteiger partial charge on any atom is 0.242 e. The Morgan fingerprint density at radius 1 is 1.05 bits per heavy atom. The maximum atomic E-state index is 5.85. The van der Waals surface area contributed by atoms with Crippen LogP contribution in [-0.2, 0) is 5.41 Å². The Morgan fingerprint density at radius 3 is 2.40 bits per heavy atom. The SMILES string of the molecule is COc1cc(Oc2ccccc2C(C)(C)C)nnc1Cl. The molecule has 4 nitrogen and oxygen atoms in total. The molecule has 0 unspecified atom stereocenters. The van der Waals surface area contributed by atoms with E-state index in [0.717, 1.165) is 11.3 Å². The lowest BCUT2D eigenvalue weighted by molar-refractivity contribution is 0.396. The van der Waals surface area contributed by atoms with Crippen LogP contribution in [0.3, 0.4) is 0 Å². The molecule has 2 rings (SSSR count). The molecule has 0 fully saturated rings. The number of aromatic nitrogens is 2. The molecule has 1 aromatic heterocycles. The van der Waals surface area contributed by atoms with Crippen LogP contribution in [0.5, 0.6) is 17.4 Å². The smallest absolute Gasteiger partial charge is 0.242 e. The normalized spacial score (nSPS) is 11.2. The number of hydrogen-bond acceptors (Lipinski definition) is 4. The molecular weight excluding hydrogens is 276 g/mol. The average Bonchev–Trinajstić information content (AvgIpc) is 2.40. The van der Waals surface area contributed by atoms with Gasteiger partial charge in [0.1, 0.15) is 5.75 Å². The first-order valence-electron chi connectivity index (χ1n) is 6.26. The van der Waals surface area contributed by atoms with Gasteiger partial charge in [-0.25, -0.2) is 0 Å². The zero-order valence-corrected chi connectivity index (χ0v) is 12.7. The largest absolute Gasteiger partial charge is 0.493 e.